The van der Waals surface area contributed by atoms with Gasteiger partial charge >= 0.3 is 0 Å². The van der Waals surface area contributed by atoms with Gasteiger partial charge in [0.15, 0.2) is 0 Å². The summed E-state index contributed by atoms with van der Waals surface area (Å²) in [5.74, 6) is 1.15. The van der Waals surface area contributed by atoms with Crippen molar-refractivity contribution in [2.45, 2.75) is 33.2 Å². The van der Waals surface area contributed by atoms with E-state index in [2.05, 4.69) is 22.4 Å². The van der Waals surface area contributed by atoms with Crippen LogP contribution in [0.2, 0.25) is 5.02 Å². The lowest BCUT2D eigenvalue weighted by Crippen LogP contribution is -2.19. The lowest BCUT2D eigenvalue weighted by Gasteiger charge is -2.07. The minimum absolute atomic E-state index is 0.0637. The van der Waals surface area contributed by atoms with E-state index >= 15 is 0 Å². The van der Waals surface area contributed by atoms with Gasteiger partial charge in [-0.05, 0) is 50.6 Å². The summed E-state index contributed by atoms with van der Waals surface area (Å²) in [5, 5.41) is 12.2. The van der Waals surface area contributed by atoms with Gasteiger partial charge in [0, 0.05) is 10.6 Å². The Labute approximate surface area is 118 Å². The van der Waals surface area contributed by atoms with E-state index in [0.717, 1.165) is 24.1 Å². The molecule has 1 N–H and O–H groups in total. The molecule has 0 saturated heterocycles. The van der Waals surface area contributed by atoms with Gasteiger partial charge in [-0.15, -0.1) is 10.2 Å². The highest BCUT2D eigenvalue weighted by Crippen LogP contribution is 2.26. The van der Waals surface area contributed by atoms with Crippen molar-refractivity contribution in [3.63, 3.8) is 0 Å². The Morgan fingerprint density at radius 1 is 1.37 bits per heavy atom. The lowest BCUT2D eigenvalue weighted by atomic mass is 10.1. The molecule has 1 heterocycles. The third-order valence-corrected chi connectivity index (χ3v) is 3.17. The fraction of sp³-hybridized carbons (Fsp3) is 0.429. The molecule has 1 aromatic carbocycles. The highest BCUT2D eigenvalue weighted by molar-refractivity contribution is 6.30. The fourth-order valence-corrected chi connectivity index (χ4v) is 2.06. The second-order valence-electron chi connectivity index (χ2n) is 4.58. The second kappa shape index (κ2) is 6.17. The van der Waals surface area contributed by atoms with Crippen LogP contribution < -0.4 is 5.32 Å². The van der Waals surface area contributed by atoms with Gasteiger partial charge in [0.2, 0.25) is 11.8 Å². The zero-order valence-corrected chi connectivity index (χ0v) is 12.2. The Bertz CT molecular complexity index is 553. The van der Waals surface area contributed by atoms with Gasteiger partial charge in [0.1, 0.15) is 0 Å². The van der Waals surface area contributed by atoms with Gasteiger partial charge in [-0.3, -0.25) is 0 Å². The zero-order valence-electron chi connectivity index (χ0n) is 11.4. The first kappa shape index (κ1) is 14.0. The van der Waals surface area contributed by atoms with E-state index in [0.29, 0.717) is 16.8 Å². The smallest absolute Gasteiger partial charge is 0.248 e. The quantitative estimate of drug-likeness (QED) is 0.905. The van der Waals surface area contributed by atoms with Gasteiger partial charge in [0.25, 0.3) is 0 Å². The molecule has 102 valence electrons. The van der Waals surface area contributed by atoms with Gasteiger partial charge < -0.3 is 9.73 Å². The average molecular weight is 280 g/mol. The van der Waals surface area contributed by atoms with Gasteiger partial charge in [-0.1, -0.05) is 18.5 Å². The Balaban J connectivity index is 2.20. The van der Waals surface area contributed by atoms with Gasteiger partial charge in [-0.2, -0.15) is 0 Å². The molecule has 0 radical (unpaired) electrons. The first-order valence-electron chi connectivity index (χ1n) is 6.45. The summed E-state index contributed by atoms with van der Waals surface area (Å²) in [4.78, 5) is 0. The molecule has 1 atom stereocenters. The van der Waals surface area contributed by atoms with E-state index in [9.17, 15) is 0 Å². The van der Waals surface area contributed by atoms with Crippen molar-refractivity contribution >= 4 is 11.6 Å². The van der Waals surface area contributed by atoms with Crippen LogP contribution in [0.5, 0.6) is 0 Å². The molecule has 0 amide bonds. The summed E-state index contributed by atoms with van der Waals surface area (Å²) in [6.07, 6.45) is 1.07. The molecule has 0 aliphatic rings. The van der Waals surface area contributed by atoms with Crippen LogP contribution in [0.3, 0.4) is 0 Å². The van der Waals surface area contributed by atoms with Crippen molar-refractivity contribution in [3.8, 4) is 11.5 Å². The van der Waals surface area contributed by atoms with Crippen LogP contribution in [0.25, 0.3) is 11.5 Å². The minimum Gasteiger partial charge on any atom is -0.419 e. The molecular weight excluding hydrogens is 262 g/mol. The topological polar surface area (TPSA) is 51.0 Å². The van der Waals surface area contributed by atoms with Crippen LogP contribution >= 0.6 is 11.6 Å². The number of aryl methyl sites for hydroxylation is 1. The third kappa shape index (κ3) is 3.33. The van der Waals surface area contributed by atoms with Crippen molar-refractivity contribution < 1.29 is 4.42 Å². The Morgan fingerprint density at radius 3 is 2.84 bits per heavy atom. The molecular formula is C14H18ClN3O. The summed E-state index contributed by atoms with van der Waals surface area (Å²) in [6.45, 7) is 7.04. The summed E-state index contributed by atoms with van der Waals surface area (Å²) >= 11 is 5.94. The second-order valence-corrected chi connectivity index (χ2v) is 5.02. The molecule has 0 aliphatic carbocycles. The predicted octanol–water partition coefficient (Wildman–Crippen LogP) is 3.76. The largest absolute Gasteiger partial charge is 0.419 e. The Kier molecular flexibility index (Phi) is 4.56. The molecule has 1 unspecified atom stereocenters. The highest BCUT2D eigenvalue weighted by Gasteiger charge is 2.15. The summed E-state index contributed by atoms with van der Waals surface area (Å²) < 4.78 is 5.72. The van der Waals surface area contributed by atoms with Crippen LogP contribution in [0, 0.1) is 6.92 Å². The van der Waals surface area contributed by atoms with Crippen molar-refractivity contribution in [1.82, 2.24) is 15.5 Å². The van der Waals surface area contributed by atoms with E-state index in [1.165, 1.54) is 0 Å². The van der Waals surface area contributed by atoms with E-state index < -0.39 is 0 Å². The third-order valence-electron chi connectivity index (χ3n) is 2.93. The molecule has 0 bridgehead atoms. The van der Waals surface area contributed by atoms with Crippen molar-refractivity contribution in [2.75, 3.05) is 6.54 Å². The normalized spacial score (nSPS) is 12.6. The Morgan fingerprint density at radius 2 is 2.16 bits per heavy atom. The fourth-order valence-electron chi connectivity index (χ4n) is 1.83. The lowest BCUT2D eigenvalue weighted by molar-refractivity contribution is 0.423. The number of nitrogens with zero attached hydrogens (tertiary/aromatic N) is 2. The zero-order chi connectivity index (χ0) is 13.8. The molecule has 5 heteroatoms. The van der Waals surface area contributed by atoms with Gasteiger partial charge in [-0.25, -0.2) is 0 Å². The molecule has 19 heavy (non-hydrogen) atoms. The SMILES string of the molecule is CCCNC(C)c1nnc(-c2ccc(Cl)cc2C)o1. The number of rotatable bonds is 5. The van der Waals surface area contributed by atoms with Crippen LogP contribution in [-0.2, 0) is 0 Å². The van der Waals surface area contributed by atoms with Crippen LogP contribution in [0.1, 0.15) is 37.8 Å². The maximum absolute atomic E-state index is 5.94. The molecule has 2 rings (SSSR count). The van der Waals surface area contributed by atoms with Crippen molar-refractivity contribution in [2.24, 2.45) is 0 Å². The number of aromatic nitrogens is 2. The molecule has 4 nitrogen and oxygen atoms in total. The van der Waals surface area contributed by atoms with Crippen molar-refractivity contribution in [3.05, 3.63) is 34.7 Å². The van der Waals surface area contributed by atoms with Crippen molar-refractivity contribution in [1.29, 1.82) is 0 Å². The average Bonchev–Trinajstić information content (AvgIpc) is 2.85. The van der Waals surface area contributed by atoms with Crippen LogP contribution in [0.15, 0.2) is 22.6 Å². The summed E-state index contributed by atoms with van der Waals surface area (Å²) in [5.41, 5.74) is 1.95. The van der Waals surface area contributed by atoms with Crippen LogP contribution in [0.4, 0.5) is 0 Å². The maximum Gasteiger partial charge on any atom is 0.248 e. The summed E-state index contributed by atoms with van der Waals surface area (Å²) in [6, 6.07) is 5.68. The maximum atomic E-state index is 5.94. The molecule has 0 saturated carbocycles. The number of benzene rings is 1. The van der Waals surface area contributed by atoms with E-state index in [-0.39, 0.29) is 6.04 Å². The number of nitrogens with one attached hydrogen (secondary N) is 1. The first-order chi connectivity index (χ1) is 9.11. The molecule has 0 aliphatic heterocycles. The van der Waals surface area contributed by atoms with E-state index in [4.69, 9.17) is 16.0 Å². The number of hydrogen-bond donors (Lipinski definition) is 1. The molecule has 0 fully saturated rings. The van der Waals surface area contributed by atoms with E-state index in [1.54, 1.807) is 0 Å². The highest BCUT2D eigenvalue weighted by atomic mass is 35.5. The standard InChI is InChI=1S/C14H18ClN3O/c1-4-7-16-10(3)13-17-18-14(19-13)12-6-5-11(15)8-9(12)2/h5-6,8,10,16H,4,7H2,1-3H3. The molecule has 2 aromatic rings. The Hall–Kier alpha value is -1.39. The van der Waals surface area contributed by atoms with Gasteiger partial charge in [0.05, 0.1) is 6.04 Å². The molecule has 0 spiro atoms. The number of halogens is 1. The monoisotopic (exact) mass is 279 g/mol. The molecule has 1 aromatic heterocycles. The minimum atomic E-state index is 0.0637. The van der Waals surface area contributed by atoms with Crippen LogP contribution in [-0.4, -0.2) is 16.7 Å². The number of hydrogen-bond acceptors (Lipinski definition) is 4. The predicted molar refractivity (Wildman–Crippen MR) is 76.2 cm³/mol. The first-order valence-corrected chi connectivity index (χ1v) is 6.83. The summed E-state index contributed by atoms with van der Waals surface area (Å²) in [7, 11) is 0. The van der Waals surface area contributed by atoms with E-state index in [1.807, 2.05) is 32.0 Å².